The number of pyridine rings is 1. The predicted molar refractivity (Wildman–Crippen MR) is 64.5 cm³/mol. The summed E-state index contributed by atoms with van der Waals surface area (Å²) in [5, 5.41) is 3.39. The maximum absolute atomic E-state index is 4.15. The van der Waals surface area contributed by atoms with Gasteiger partial charge in [0.1, 0.15) is 4.60 Å². The van der Waals surface area contributed by atoms with Crippen LogP contribution in [0.15, 0.2) is 35.6 Å². The third-order valence-corrected chi connectivity index (χ3v) is 2.60. The lowest BCUT2D eigenvalue weighted by Gasteiger charge is -2.14. The Labute approximate surface area is 93.6 Å². The van der Waals surface area contributed by atoms with E-state index in [4.69, 9.17) is 0 Å². The zero-order valence-corrected chi connectivity index (χ0v) is 9.92. The van der Waals surface area contributed by atoms with Crippen LogP contribution in [0.25, 0.3) is 0 Å². The van der Waals surface area contributed by atoms with Crippen molar-refractivity contribution in [3.8, 4) is 0 Å². The first-order valence-corrected chi connectivity index (χ1v) is 5.51. The summed E-state index contributed by atoms with van der Waals surface area (Å²) in [4.78, 5) is 4.15. The lowest BCUT2D eigenvalue weighted by molar-refractivity contribution is 0.718. The summed E-state index contributed by atoms with van der Waals surface area (Å²) in [5.74, 6) is 0. The second kappa shape index (κ2) is 5.81. The molecule has 1 heterocycles. The van der Waals surface area contributed by atoms with Crippen molar-refractivity contribution in [3.05, 3.63) is 35.6 Å². The van der Waals surface area contributed by atoms with Crippen molar-refractivity contribution < 1.29 is 0 Å². The lowest BCUT2D eigenvalue weighted by Crippen LogP contribution is -2.15. The fraction of sp³-hybridized carbons (Fsp3) is 0.364. The Morgan fingerprint density at radius 2 is 2.50 bits per heavy atom. The number of rotatable bonds is 5. The Morgan fingerprint density at radius 1 is 1.71 bits per heavy atom. The molecule has 1 aromatic heterocycles. The smallest absolute Gasteiger partial charge is 0.129 e. The van der Waals surface area contributed by atoms with E-state index in [-0.39, 0.29) is 0 Å². The fourth-order valence-electron chi connectivity index (χ4n) is 1.20. The van der Waals surface area contributed by atoms with Crippen LogP contribution in [0.5, 0.6) is 0 Å². The number of nitrogens with one attached hydrogen (secondary N) is 1. The monoisotopic (exact) mass is 254 g/mol. The third kappa shape index (κ3) is 3.50. The van der Waals surface area contributed by atoms with Crippen molar-refractivity contribution in [2.24, 2.45) is 0 Å². The van der Waals surface area contributed by atoms with Gasteiger partial charge in [0.2, 0.25) is 0 Å². The molecular weight excluding hydrogens is 240 g/mol. The number of hydrogen-bond acceptors (Lipinski definition) is 2. The molecule has 76 valence electrons. The number of halogens is 1. The van der Waals surface area contributed by atoms with Crippen LogP contribution < -0.4 is 5.32 Å². The standard InChI is InChI=1S/C11H15BrN2/c1-3-4-6-9(2)14-10-7-5-8-13-11(10)12/h3,5,7-9,14H,1,4,6H2,2H3. The average molecular weight is 255 g/mol. The van der Waals surface area contributed by atoms with E-state index in [0.717, 1.165) is 23.1 Å². The van der Waals surface area contributed by atoms with E-state index in [2.05, 4.69) is 39.7 Å². The van der Waals surface area contributed by atoms with Crippen LogP contribution in [0.1, 0.15) is 19.8 Å². The Hall–Kier alpha value is -0.830. The summed E-state index contributed by atoms with van der Waals surface area (Å²) in [6, 6.07) is 4.38. The Bertz CT molecular complexity index is 299. The maximum Gasteiger partial charge on any atom is 0.129 e. The second-order valence-corrected chi connectivity index (χ2v) is 4.00. The molecule has 0 aromatic carbocycles. The number of allylic oxidation sites excluding steroid dienone is 1. The molecule has 1 rings (SSSR count). The number of hydrogen-bond donors (Lipinski definition) is 1. The minimum atomic E-state index is 0.438. The minimum absolute atomic E-state index is 0.438. The first kappa shape index (κ1) is 11.2. The van der Waals surface area contributed by atoms with Crippen molar-refractivity contribution >= 4 is 21.6 Å². The van der Waals surface area contributed by atoms with Crippen molar-refractivity contribution in [2.45, 2.75) is 25.8 Å². The highest BCUT2D eigenvalue weighted by atomic mass is 79.9. The molecule has 0 amide bonds. The van der Waals surface area contributed by atoms with Gasteiger partial charge < -0.3 is 5.32 Å². The first-order chi connectivity index (χ1) is 6.74. The van der Waals surface area contributed by atoms with Gasteiger partial charge in [0.25, 0.3) is 0 Å². The second-order valence-electron chi connectivity index (χ2n) is 3.25. The summed E-state index contributed by atoms with van der Waals surface area (Å²) < 4.78 is 0.866. The van der Waals surface area contributed by atoms with E-state index in [1.54, 1.807) is 6.20 Å². The van der Waals surface area contributed by atoms with Crippen LogP contribution in [0.2, 0.25) is 0 Å². The van der Waals surface area contributed by atoms with Crippen LogP contribution in [0, 0.1) is 0 Å². The van der Waals surface area contributed by atoms with Crippen LogP contribution in [0.3, 0.4) is 0 Å². The summed E-state index contributed by atoms with van der Waals surface area (Å²) in [6.07, 6.45) is 5.83. The van der Waals surface area contributed by atoms with E-state index >= 15 is 0 Å². The highest BCUT2D eigenvalue weighted by Gasteiger charge is 2.03. The van der Waals surface area contributed by atoms with Crippen molar-refractivity contribution in [3.63, 3.8) is 0 Å². The zero-order chi connectivity index (χ0) is 10.4. The molecule has 0 saturated heterocycles. The molecule has 1 aromatic rings. The summed E-state index contributed by atoms with van der Waals surface area (Å²) in [7, 11) is 0. The van der Waals surface area contributed by atoms with Gasteiger partial charge >= 0.3 is 0 Å². The summed E-state index contributed by atoms with van der Waals surface area (Å²) in [6.45, 7) is 5.86. The van der Waals surface area contributed by atoms with Crippen LogP contribution in [0.4, 0.5) is 5.69 Å². The molecule has 0 fully saturated rings. The summed E-state index contributed by atoms with van der Waals surface area (Å²) >= 11 is 3.40. The summed E-state index contributed by atoms with van der Waals surface area (Å²) in [5.41, 5.74) is 1.05. The van der Waals surface area contributed by atoms with Crippen LogP contribution in [-0.2, 0) is 0 Å². The quantitative estimate of drug-likeness (QED) is 0.642. The molecule has 1 atom stereocenters. The molecule has 0 saturated carbocycles. The highest BCUT2D eigenvalue weighted by molar-refractivity contribution is 9.10. The van der Waals surface area contributed by atoms with Gasteiger partial charge in [-0.25, -0.2) is 4.98 Å². The molecule has 2 nitrogen and oxygen atoms in total. The van der Waals surface area contributed by atoms with E-state index in [0.29, 0.717) is 6.04 Å². The molecule has 0 bridgehead atoms. The Kier molecular flexibility index (Phi) is 4.66. The molecule has 0 spiro atoms. The van der Waals surface area contributed by atoms with E-state index in [1.807, 2.05) is 18.2 Å². The maximum atomic E-state index is 4.15. The van der Waals surface area contributed by atoms with Gasteiger partial charge in [-0.05, 0) is 47.8 Å². The largest absolute Gasteiger partial charge is 0.380 e. The number of nitrogens with zero attached hydrogens (tertiary/aromatic N) is 1. The molecule has 3 heteroatoms. The van der Waals surface area contributed by atoms with Gasteiger partial charge in [-0.1, -0.05) is 6.08 Å². The van der Waals surface area contributed by atoms with Gasteiger partial charge in [0.05, 0.1) is 5.69 Å². The number of anilines is 1. The molecule has 1 N–H and O–H groups in total. The van der Waals surface area contributed by atoms with Gasteiger partial charge in [-0.15, -0.1) is 6.58 Å². The normalized spacial score (nSPS) is 12.1. The molecule has 0 aliphatic rings. The first-order valence-electron chi connectivity index (χ1n) is 4.72. The SMILES string of the molecule is C=CCCC(C)Nc1cccnc1Br. The molecular formula is C11H15BrN2. The minimum Gasteiger partial charge on any atom is -0.380 e. The molecule has 0 aliphatic carbocycles. The van der Waals surface area contributed by atoms with Crippen molar-refractivity contribution in [1.82, 2.24) is 4.98 Å². The third-order valence-electron chi connectivity index (χ3n) is 1.96. The van der Waals surface area contributed by atoms with Crippen LogP contribution in [-0.4, -0.2) is 11.0 Å². The van der Waals surface area contributed by atoms with Crippen molar-refractivity contribution in [2.75, 3.05) is 5.32 Å². The van der Waals surface area contributed by atoms with Gasteiger partial charge in [0.15, 0.2) is 0 Å². The average Bonchev–Trinajstić information content (AvgIpc) is 2.18. The molecule has 1 unspecified atom stereocenters. The molecule has 0 aliphatic heterocycles. The Balaban J connectivity index is 2.51. The lowest BCUT2D eigenvalue weighted by atomic mass is 10.2. The van der Waals surface area contributed by atoms with Gasteiger partial charge in [-0.3, -0.25) is 0 Å². The molecule has 14 heavy (non-hydrogen) atoms. The van der Waals surface area contributed by atoms with E-state index in [9.17, 15) is 0 Å². The van der Waals surface area contributed by atoms with Crippen LogP contribution >= 0.6 is 15.9 Å². The number of aromatic nitrogens is 1. The van der Waals surface area contributed by atoms with E-state index in [1.165, 1.54) is 0 Å². The topological polar surface area (TPSA) is 24.9 Å². The molecule has 0 radical (unpaired) electrons. The van der Waals surface area contributed by atoms with Gasteiger partial charge in [-0.2, -0.15) is 0 Å². The zero-order valence-electron chi connectivity index (χ0n) is 8.33. The fourth-order valence-corrected chi connectivity index (χ4v) is 1.56. The van der Waals surface area contributed by atoms with Gasteiger partial charge in [0, 0.05) is 12.2 Å². The highest BCUT2D eigenvalue weighted by Crippen LogP contribution is 2.19. The van der Waals surface area contributed by atoms with E-state index < -0.39 is 0 Å². The predicted octanol–water partition coefficient (Wildman–Crippen LogP) is 3.61. The Morgan fingerprint density at radius 3 is 3.14 bits per heavy atom. The van der Waals surface area contributed by atoms with Crippen molar-refractivity contribution in [1.29, 1.82) is 0 Å².